The Bertz CT molecular complexity index is 1350. The van der Waals surface area contributed by atoms with Crippen LogP contribution >= 0.6 is 0 Å². The van der Waals surface area contributed by atoms with E-state index in [-0.39, 0.29) is 22.3 Å². The smallest absolute Gasteiger partial charge is 0.248 e. The Morgan fingerprint density at radius 3 is 2.14 bits per heavy atom. The van der Waals surface area contributed by atoms with Gasteiger partial charge in [0.15, 0.2) is 5.76 Å². The second-order valence-corrected chi connectivity index (χ2v) is 10.3. The van der Waals surface area contributed by atoms with Crippen LogP contribution < -0.4 is 10.9 Å². The summed E-state index contributed by atoms with van der Waals surface area (Å²) in [6.45, 7) is 2.62. The third-order valence-corrected chi connectivity index (χ3v) is 7.17. The minimum absolute atomic E-state index is 0.0109. The molecule has 5 N–H and O–H groups in total. The van der Waals surface area contributed by atoms with Gasteiger partial charge < -0.3 is 15.3 Å². The Balaban J connectivity index is 2.48. The fourth-order valence-electron chi connectivity index (χ4n) is 2.92. The first-order chi connectivity index (χ1) is 13.2. The van der Waals surface area contributed by atoms with Crippen molar-refractivity contribution in [3.05, 3.63) is 53.8 Å². The van der Waals surface area contributed by atoms with E-state index in [1.54, 1.807) is 0 Å². The highest BCUT2D eigenvalue weighted by Crippen LogP contribution is 2.40. The van der Waals surface area contributed by atoms with Crippen molar-refractivity contribution in [3.63, 3.8) is 0 Å². The molecular formula is C18H18N2O7S2. The van der Waals surface area contributed by atoms with Crippen LogP contribution in [0.3, 0.4) is 0 Å². The van der Waals surface area contributed by atoms with Crippen LogP contribution in [0.1, 0.15) is 30.0 Å². The Hall–Kier alpha value is -2.73. The van der Waals surface area contributed by atoms with Gasteiger partial charge in [-0.15, -0.1) is 0 Å². The van der Waals surface area contributed by atoms with Gasteiger partial charge in [0.2, 0.25) is 25.8 Å². The largest absolute Gasteiger partial charge is 0.457 e. The fraction of sp³-hybridized carbons (Fsp3) is 0.167. The predicted octanol–water partition coefficient (Wildman–Crippen LogP) is 1.24. The number of hydrogen-bond acceptors (Lipinski definition) is 7. The number of primary amides is 1. The highest BCUT2D eigenvalue weighted by molar-refractivity contribution is 7.93. The molecule has 1 heterocycles. The first-order valence-corrected chi connectivity index (χ1v) is 11.2. The van der Waals surface area contributed by atoms with E-state index in [0.29, 0.717) is 0 Å². The van der Waals surface area contributed by atoms with E-state index in [2.05, 4.69) is 0 Å². The summed E-state index contributed by atoms with van der Waals surface area (Å²) in [4.78, 5) is 9.90. The van der Waals surface area contributed by atoms with Gasteiger partial charge in [-0.3, -0.25) is 4.79 Å². The molecule has 0 aliphatic rings. The minimum atomic E-state index is -4.56. The van der Waals surface area contributed by atoms with Gasteiger partial charge >= 0.3 is 0 Å². The molecule has 0 aliphatic carbocycles. The van der Waals surface area contributed by atoms with Gasteiger partial charge in [0, 0.05) is 10.9 Å². The molecule has 3 rings (SSSR count). The molecule has 29 heavy (non-hydrogen) atoms. The van der Waals surface area contributed by atoms with E-state index in [4.69, 9.17) is 15.3 Å². The highest BCUT2D eigenvalue weighted by atomic mass is 32.2. The number of benzene rings is 2. The zero-order valence-electron chi connectivity index (χ0n) is 15.4. The first kappa shape index (κ1) is 21.0. The van der Waals surface area contributed by atoms with Crippen molar-refractivity contribution in [1.29, 1.82) is 0 Å². The number of primary sulfonamides is 1. The summed E-state index contributed by atoms with van der Waals surface area (Å²) in [5.41, 5.74) is 3.62. The van der Waals surface area contributed by atoms with Gasteiger partial charge in [-0.05, 0) is 44.2 Å². The van der Waals surface area contributed by atoms with Crippen LogP contribution in [0.5, 0.6) is 0 Å². The van der Waals surface area contributed by atoms with Crippen molar-refractivity contribution in [2.45, 2.75) is 34.1 Å². The summed E-state index contributed by atoms with van der Waals surface area (Å²) in [5.74, 6) is -1.12. The molecule has 1 amide bonds. The number of aliphatic hydroxyl groups is 1. The van der Waals surface area contributed by atoms with Crippen molar-refractivity contribution in [2.75, 3.05) is 0 Å². The summed E-state index contributed by atoms with van der Waals surface area (Å²) >= 11 is 0. The molecule has 0 atom stereocenters. The molecule has 0 fully saturated rings. The van der Waals surface area contributed by atoms with E-state index in [9.17, 15) is 26.7 Å². The van der Waals surface area contributed by atoms with Gasteiger partial charge in [-0.25, -0.2) is 22.0 Å². The summed E-state index contributed by atoms with van der Waals surface area (Å²) < 4.78 is 56.5. The van der Waals surface area contributed by atoms with E-state index in [0.717, 1.165) is 12.1 Å². The third-order valence-electron chi connectivity index (χ3n) is 4.20. The lowest BCUT2D eigenvalue weighted by molar-refractivity contribution is 0.0521. The molecule has 2 aromatic carbocycles. The summed E-state index contributed by atoms with van der Waals surface area (Å²) in [6, 6.07) is 8.70. The van der Waals surface area contributed by atoms with E-state index < -0.39 is 46.1 Å². The molecule has 0 bridgehead atoms. The number of sulfone groups is 1. The number of nitrogens with two attached hydrogens (primary N) is 2. The zero-order valence-corrected chi connectivity index (χ0v) is 17.0. The average molecular weight is 438 g/mol. The Labute approximate surface area is 166 Å². The number of hydrogen-bond donors (Lipinski definition) is 3. The first-order valence-electron chi connectivity index (χ1n) is 8.20. The molecule has 3 aromatic rings. The molecule has 9 nitrogen and oxygen atoms in total. The number of furan rings is 1. The third kappa shape index (κ3) is 3.65. The number of carbonyl (C=O) groups excluding carboxylic acids is 1. The summed E-state index contributed by atoms with van der Waals surface area (Å²) in [7, 11) is -8.93. The molecule has 0 saturated carbocycles. The molecule has 0 saturated heterocycles. The van der Waals surface area contributed by atoms with Gasteiger partial charge in [0.1, 0.15) is 21.0 Å². The van der Waals surface area contributed by atoms with Gasteiger partial charge in [0.05, 0.1) is 4.90 Å². The van der Waals surface area contributed by atoms with Crippen molar-refractivity contribution in [3.8, 4) is 0 Å². The Kier molecular flexibility index (Phi) is 4.82. The van der Waals surface area contributed by atoms with Crippen LogP contribution in [0.4, 0.5) is 0 Å². The molecule has 0 spiro atoms. The zero-order chi connectivity index (χ0) is 21.8. The van der Waals surface area contributed by atoms with Gasteiger partial charge in [-0.1, -0.05) is 12.1 Å². The minimum Gasteiger partial charge on any atom is -0.457 e. The molecule has 0 aliphatic heterocycles. The predicted molar refractivity (Wildman–Crippen MR) is 103 cm³/mol. The van der Waals surface area contributed by atoms with Crippen LogP contribution in [-0.2, 0) is 25.5 Å². The second kappa shape index (κ2) is 6.66. The van der Waals surface area contributed by atoms with Crippen LogP contribution in [0.2, 0.25) is 0 Å². The molecule has 154 valence electrons. The average Bonchev–Trinajstić information content (AvgIpc) is 3.00. The quantitative estimate of drug-likeness (QED) is 0.537. The van der Waals surface area contributed by atoms with Crippen molar-refractivity contribution >= 4 is 36.7 Å². The number of amides is 1. The summed E-state index contributed by atoms with van der Waals surface area (Å²) in [5, 5.41) is 15.7. The van der Waals surface area contributed by atoms with Gasteiger partial charge in [-0.2, -0.15) is 0 Å². The van der Waals surface area contributed by atoms with Crippen LogP contribution in [0.25, 0.3) is 11.0 Å². The topological polar surface area (TPSA) is 171 Å². The number of sulfonamides is 1. The fourth-order valence-corrected chi connectivity index (χ4v) is 6.00. The molecule has 0 unspecified atom stereocenters. The Morgan fingerprint density at radius 1 is 1.03 bits per heavy atom. The maximum absolute atomic E-state index is 13.5. The monoisotopic (exact) mass is 438 g/mol. The van der Waals surface area contributed by atoms with E-state index >= 15 is 0 Å². The van der Waals surface area contributed by atoms with Crippen LogP contribution in [0, 0.1) is 0 Å². The highest BCUT2D eigenvalue weighted by Gasteiger charge is 2.37. The SMILES string of the molecule is CC(C)(O)c1oc2ccc(C(N)=O)cc2c1S(=O)(=O)c1ccccc1S(N)(=O)=O. The second-order valence-electron chi connectivity index (χ2n) is 6.89. The number of fused-ring (bicyclic) bond motifs is 1. The lowest BCUT2D eigenvalue weighted by Gasteiger charge is -2.17. The van der Waals surface area contributed by atoms with Crippen molar-refractivity contribution in [2.24, 2.45) is 10.9 Å². The van der Waals surface area contributed by atoms with Gasteiger partial charge in [0.25, 0.3) is 0 Å². The standard InChI is InChI=1S/C18H18N2O7S2/c1-18(2,22)16-15(11-9-10(17(19)21)7-8-12(11)27-16)28(23,24)13-5-3-4-6-14(13)29(20,25)26/h3-9,22H,1-2H3,(H2,19,21)(H2,20,25,26). The Morgan fingerprint density at radius 2 is 1.62 bits per heavy atom. The number of rotatable bonds is 5. The normalized spacial score (nSPS) is 13.0. The molecule has 1 aromatic heterocycles. The maximum Gasteiger partial charge on any atom is 0.248 e. The number of carbonyl (C=O) groups is 1. The van der Waals surface area contributed by atoms with E-state index in [1.807, 2.05) is 0 Å². The summed E-state index contributed by atoms with van der Waals surface area (Å²) in [6.07, 6.45) is 0. The van der Waals surface area contributed by atoms with Crippen molar-refractivity contribution in [1.82, 2.24) is 0 Å². The molecular weight excluding hydrogens is 420 g/mol. The van der Waals surface area contributed by atoms with Crippen LogP contribution in [0.15, 0.2) is 61.6 Å². The maximum atomic E-state index is 13.5. The lowest BCUT2D eigenvalue weighted by Crippen LogP contribution is -2.21. The van der Waals surface area contributed by atoms with Crippen molar-refractivity contribution < 1.29 is 31.2 Å². The molecule has 0 radical (unpaired) electrons. The van der Waals surface area contributed by atoms with E-state index in [1.165, 1.54) is 44.2 Å². The lowest BCUT2D eigenvalue weighted by atomic mass is 10.1. The molecule has 11 heteroatoms. The van der Waals surface area contributed by atoms with Crippen LogP contribution in [-0.4, -0.2) is 27.8 Å².